The molecule has 2 aromatic carbocycles. The lowest BCUT2D eigenvalue weighted by atomic mass is 10.1. The van der Waals surface area contributed by atoms with Gasteiger partial charge in [-0.15, -0.1) is 0 Å². The number of benzene rings is 2. The molecule has 86 valence electrons. The van der Waals surface area contributed by atoms with Gasteiger partial charge in [-0.1, -0.05) is 0 Å². The van der Waals surface area contributed by atoms with Gasteiger partial charge < -0.3 is 10.2 Å². The third-order valence-corrected chi connectivity index (χ3v) is 4.63. The largest absolute Gasteiger partial charge is 0.508 e. The highest BCUT2D eigenvalue weighted by atomic mass is 32.2. The van der Waals surface area contributed by atoms with E-state index in [1.165, 1.54) is 24.3 Å². The summed E-state index contributed by atoms with van der Waals surface area (Å²) in [6.45, 7) is 0. The third kappa shape index (κ3) is 1.26. The summed E-state index contributed by atoms with van der Waals surface area (Å²) in [6, 6.07) is 8.45. The van der Waals surface area contributed by atoms with Gasteiger partial charge in [-0.25, -0.2) is 8.42 Å². The number of hydrogen-bond donors (Lipinski definition) is 2. The first-order valence-electron chi connectivity index (χ1n) is 4.91. The average molecular weight is 248 g/mol. The number of phenolic OH excluding ortho intramolecular Hbond substituents is 2. The molecule has 5 heteroatoms. The van der Waals surface area contributed by atoms with Crippen LogP contribution in [0, 0.1) is 0 Å². The van der Waals surface area contributed by atoms with E-state index in [-0.39, 0.29) is 21.3 Å². The number of aromatic hydroxyl groups is 2. The van der Waals surface area contributed by atoms with Crippen LogP contribution in [0.15, 0.2) is 46.2 Å². The summed E-state index contributed by atoms with van der Waals surface area (Å²) in [6.07, 6.45) is 0. The molecule has 3 rings (SSSR count). The molecule has 1 aliphatic heterocycles. The fourth-order valence-corrected chi connectivity index (χ4v) is 3.75. The van der Waals surface area contributed by atoms with Crippen molar-refractivity contribution in [3.05, 3.63) is 36.4 Å². The second-order valence-corrected chi connectivity index (χ2v) is 5.75. The van der Waals surface area contributed by atoms with Crippen LogP contribution in [0.1, 0.15) is 0 Å². The second kappa shape index (κ2) is 3.01. The fraction of sp³-hybridized carbons (Fsp3) is 0. The summed E-state index contributed by atoms with van der Waals surface area (Å²) in [5.41, 5.74) is 1.11. The first kappa shape index (κ1) is 10.2. The minimum atomic E-state index is -3.63. The van der Waals surface area contributed by atoms with Crippen molar-refractivity contribution in [2.75, 3.05) is 0 Å². The van der Waals surface area contributed by atoms with Gasteiger partial charge in [-0.3, -0.25) is 0 Å². The van der Waals surface area contributed by atoms with Crippen LogP contribution < -0.4 is 0 Å². The zero-order valence-corrected chi connectivity index (χ0v) is 9.40. The Balaban J connectivity index is 2.46. The molecule has 0 spiro atoms. The summed E-state index contributed by atoms with van der Waals surface area (Å²) in [7, 11) is -3.63. The van der Waals surface area contributed by atoms with Gasteiger partial charge in [0.2, 0.25) is 9.84 Å². The van der Waals surface area contributed by atoms with Gasteiger partial charge in [-0.2, -0.15) is 0 Å². The van der Waals surface area contributed by atoms with Crippen LogP contribution >= 0.6 is 0 Å². The van der Waals surface area contributed by atoms with E-state index in [1.807, 2.05) is 0 Å². The molecule has 0 fully saturated rings. The van der Waals surface area contributed by atoms with E-state index in [0.717, 1.165) is 0 Å². The molecule has 4 nitrogen and oxygen atoms in total. The molecule has 2 N–H and O–H groups in total. The zero-order chi connectivity index (χ0) is 12.2. The SMILES string of the molecule is O=S1(=O)c2cc(O)ccc2-c2ccc(O)cc21. The molecule has 0 aromatic heterocycles. The Hall–Kier alpha value is -2.01. The predicted octanol–water partition coefficient (Wildman–Crippen LogP) is 1.91. The number of rotatable bonds is 0. The lowest BCUT2D eigenvalue weighted by molar-refractivity contribution is 0.473. The van der Waals surface area contributed by atoms with E-state index in [4.69, 9.17) is 0 Å². The Kier molecular flexibility index (Phi) is 1.80. The first-order valence-corrected chi connectivity index (χ1v) is 6.40. The number of hydrogen-bond acceptors (Lipinski definition) is 4. The molecule has 0 unspecified atom stereocenters. The molecule has 0 saturated heterocycles. The monoisotopic (exact) mass is 248 g/mol. The van der Waals surface area contributed by atoms with Gasteiger partial charge in [0.25, 0.3) is 0 Å². The number of fused-ring (bicyclic) bond motifs is 3. The third-order valence-electron chi connectivity index (χ3n) is 2.80. The standard InChI is InChI=1S/C12H8O4S/c13-7-1-3-9-10-4-2-8(14)6-12(10)17(15,16)11(9)5-7/h1-6,13-14H. The maximum Gasteiger partial charge on any atom is 0.208 e. The molecule has 0 bridgehead atoms. The van der Waals surface area contributed by atoms with Crippen LogP contribution in [0.3, 0.4) is 0 Å². The molecular formula is C12H8O4S. The van der Waals surface area contributed by atoms with Crippen molar-refractivity contribution >= 4 is 9.84 Å². The maximum absolute atomic E-state index is 12.2. The molecule has 0 amide bonds. The van der Waals surface area contributed by atoms with Crippen molar-refractivity contribution in [2.24, 2.45) is 0 Å². The molecule has 0 radical (unpaired) electrons. The van der Waals surface area contributed by atoms with Crippen molar-refractivity contribution in [3.8, 4) is 22.6 Å². The first-order chi connectivity index (χ1) is 8.00. The molecule has 17 heavy (non-hydrogen) atoms. The second-order valence-electron chi connectivity index (χ2n) is 3.86. The van der Waals surface area contributed by atoms with Gasteiger partial charge in [0, 0.05) is 11.1 Å². The quantitative estimate of drug-likeness (QED) is 0.637. The lowest BCUT2D eigenvalue weighted by Gasteiger charge is -1.98. The van der Waals surface area contributed by atoms with Gasteiger partial charge >= 0.3 is 0 Å². The molecule has 0 aliphatic carbocycles. The van der Waals surface area contributed by atoms with Crippen LogP contribution in [0.25, 0.3) is 11.1 Å². The van der Waals surface area contributed by atoms with Gasteiger partial charge in [0.1, 0.15) is 11.5 Å². The zero-order valence-electron chi connectivity index (χ0n) is 8.58. The minimum Gasteiger partial charge on any atom is -0.508 e. The van der Waals surface area contributed by atoms with Crippen LogP contribution in [-0.4, -0.2) is 18.6 Å². The molecular weight excluding hydrogens is 240 g/mol. The lowest BCUT2D eigenvalue weighted by Crippen LogP contribution is -1.96. The highest BCUT2D eigenvalue weighted by Gasteiger charge is 2.33. The predicted molar refractivity (Wildman–Crippen MR) is 60.7 cm³/mol. The Morgan fingerprint density at radius 1 is 0.765 bits per heavy atom. The number of sulfone groups is 1. The fourth-order valence-electron chi connectivity index (χ4n) is 2.03. The van der Waals surface area contributed by atoms with Crippen LogP contribution in [0.2, 0.25) is 0 Å². The Bertz CT molecular complexity index is 675. The molecule has 1 aliphatic rings. The van der Waals surface area contributed by atoms with Gasteiger partial charge in [0.05, 0.1) is 9.79 Å². The van der Waals surface area contributed by atoms with Crippen LogP contribution in [0.4, 0.5) is 0 Å². The van der Waals surface area contributed by atoms with Crippen LogP contribution in [-0.2, 0) is 9.84 Å². The molecule has 1 heterocycles. The average Bonchev–Trinajstić information content (AvgIpc) is 2.49. The van der Waals surface area contributed by atoms with Crippen molar-refractivity contribution in [1.29, 1.82) is 0 Å². The maximum atomic E-state index is 12.2. The molecule has 0 saturated carbocycles. The molecule has 2 aromatic rings. The highest BCUT2D eigenvalue weighted by molar-refractivity contribution is 7.92. The van der Waals surface area contributed by atoms with E-state index in [2.05, 4.69) is 0 Å². The van der Waals surface area contributed by atoms with E-state index in [0.29, 0.717) is 11.1 Å². The summed E-state index contributed by atoms with van der Waals surface area (Å²) >= 11 is 0. The van der Waals surface area contributed by atoms with E-state index < -0.39 is 9.84 Å². The van der Waals surface area contributed by atoms with Crippen molar-refractivity contribution in [3.63, 3.8) is 0 Å². The van der Waals surface area contributed by atoms with Gasteiger partial charge in [0.15, 0.2) is 0 Å². The van der Waals surface area contributed by atoms with Gasteiger partial charge in [-0.05, 0) is 36.4 Å². The molecule has 0 atom stereocenters. The Morgan fingerprint density at radius 2 is 1.18 bits per heavy atom. The van der Waals surface area contributed by atoms with E-state index in [9.17, 15) is 18.6 Å². The van der Waals surface area contributed by atoms with Crippen LogP contribution in [0.5, 0.6) is 11.5 Å². The summed E-state index contributed by atoms with van der Waals surface area (Å²) < 4.78 is 24.3. The minimum absolute atomic E-state index is 0.0816. The Morgan fingerprint density at radius 3 is 1.59 bits per heavy atom. The van der Waals surface area contributed by atoms with Crippen molar-refractivity contribution in [2.45, 2.75) is 9.79 Å². The summed E-state index contributed by atoms with van der Waals surface area (Å²) in [5.74, 6) is -0.186. The van der Waals surface area contributed by atoms with Crippen molar-refractivity contribution in [1.82, 2.24) is 0 Å². The van der Waals surface area contributed by atoms with E-state index >= 15 is 0 Å². The van der Waals surface area contributed by atoms with E-state index in [1.54, 1.807) is 12.1 Å². The topological polar surface area (TPSA) is 74.6 Å². The smallest absolute Gasteiger partial charge is 0.208 e. The summed E-state index contributed by atoms with van der Waals surface area (Å²) in [4.78, 5) is 0.163. The summed E-state index contributed by atoms with van der Waals surface area (Å²) in [5, 5.41) is 18.7. The highest BCUT2D eigenvalue weighted by Crippen LogP contribution is 2.45. The number of phenols is 2. The Labute approximate surface area is 97.7 Å². The van der Waals surface area contributed by atoms with Crippen molar-refractivity contribution < 1.29 is 18.6 Å². The normalized spacial score (nSPS) is 15.3.